The van der Waals surface area contributed by atoms with Crippen molar-refractivity contribution in [3.05, 3.63) is 22.2 Å². The summed E-state index contributed by atoms with van der Waals surface area (Å²) in [7, 11) is 3.32. The summed E-state index contributed by atoms with van der Waals surface area (Å²) in [5.74, 6) is 2.22. The number of hydrogen-bond acceptors (Lipinski definition) is 4. The average molecular weight is 358 g/mol. The molecule has 4 nitrogen and oxygen atoms in total. The van der Waals surface area contributed by atoms with Gasteiger partial charge in [-0.05, 0) is 60.2 Å². The van der Waals surface area contributed by atoms with E-state index in [-0.39, 0.29) is 6.04 Å². The lowest BCUT2D eigenvalue weighted by atomic mass is 9.77. The van der Waals surface area contributed by atoms with Crippen LogP contribution in [0.15, 0.2) is 16.6 Å². The maximum atomic E-state index is 6.38. The average Bonchev–Trinajstić information content (AvgIpc) is 2.44. The standard InChI is InChI=1S/C16H24BrNO3/c1-4-21-11-5-10(6-11)7-14(18)12-8-16(20-3)13(17)9-15(12)19-2/h8-11,14H,4-7,18H2,1-3H3. The summed E-state index contributed by atoms with van der Waals surface area (Å²) in [6.45, 7) is 2.83. The largest absolute Gasteiger partial charge is 0.496 e. The molecule has 2 N–H and O–H groups in total. The van der Waals surface area contributed by atoms with Crippen LogP contribution in [-0.4, -0.2) is 26.9 Å². The highest BCUT2D eigenvalue weighted by atomic mass is 79.9. The Hall–Kier alpha value is -0.780. The van der Waals surface area contributed by atoms with Crippen molar-refractivity contribution < 1.29 is 14.2 Å². The van der Waals surface area contributed by atoms with E-state index in [0.717, 1.165) is 47.4 Å². The summed E-state index contributed by atoms with van der Waals surface area (Å²) in [6, 6.07) is 3.83. The third-order valence-electron chi connectivity index (χ3n) is 4.09. The van der Waals surface area contributed by atoms with E-state index < -0.39 is 0 Å². The second kappa shape index (κ2) is 7.47. The van der Waals surface area contributed by atoms with Crippen molar-refractivity contribution in [2.75, 3.05) is 20.8 Å². The molecule has 0 aliphatic heterocycles. The molecule has 0 radical (unpaired) electrons. The van der Waals surface area contributed by atoms with Crippen LogP contribution in [0.5, 0.6) is 11.5 Å². The van der Waals surface area contributed by atoms with Gasteiger partial charge in [-0.25, -0.2) is 0 Å². The fourth-order valence-electron chi connectivity index (χ4n) is 2.90. The maximum absolute atomic E-state index is 6.38. The predicted molar refractivity (Wildman–Crippen MR) is 86.9 cm³/mol. The molecule has 1 aromatic rings. The number of ether oxygens (including phenoxy) is 3. The summed E-state index contributed by atoms with van der Waals surface area (Å²) in [5, 5.41) is 0. The smallest absolute Gasteiger partial charge is 0.133 e. The van der Waals surface area contributed by atoms with Gasteiger partial charge >= 0.3 is 0 Å². The zero-order chi connectivity index (χ0) is 15.4. The van der Waals surface area contributed by atoms with E-state index in [0.29, 0.717) is 12.0 Å². The van der Waals surface area contributed by atoms with Gasteiger partial charge in [0.1, 0.15) is 11.5 Å². The van der Waals surface area contributed by atoms with Crippen LogP contribution in [0.25, 0.3) is 0 Å². The van der Waals surface area contributed by atoms with Crippen LogP contribution in [0, 0.1) is 5.92 Å². The Kier molecular flexibility index (Phi) is 5.90. The molecule has 1 unspecified atom stereocenters. The van der Waals surface area contributed by atoms with E-state index in [4.69, 9.17) is 19.9 Å². The first-order chi connectivity index (χ1) is 10.1. The molecular formula is C16H24BrNO3. The van der Waals surface area contributed by atoms with Crippen LogP contribution >= 0.6 is 15.9 Å². The minimum Gasteiger partial charge on any atom is -0.496 e. The van der Waals surface area contributed by atoms with Crippen molar-refractivity contribution in [2.24, 2.45) is 11.7 Å². The highest BCUT2D eigenvalue weighted by Crippen LogP contribution is 2.40. The monoisotopic (exact) mass is 357 g/mol. The minimum atomic E-state index is -0.0467. The fourth-order valence-corrected chi connectivity index (χ4v) is 3.38. The van der Waals surface area contributed by atoms with E-state index in [2.05, 4.69) is 15.9 Å². The number of hydrogen-bond donors (Lipinski definition) is 1. The van der Waals surface area contributed by atoms with Crippen molar-refractivity contribution in [1.82, 2.24) is 0 Å². The van der Waals surface area contributed by atoms with Crippen molar-refractivity contribution in [1.29, 1.82) is 0 Å². The van der Waals surface area contributed by atoms with Crippen LogP contribution < -0.4 is 15.2 Å². The van der Waals surface area contributed by atoms with Gasteiger partial charge in [0.15, 0.2) is 0 Å². The second-order valence-corrected chi connectivity index (χ2v) is 6.34. The van der Waals surface area contributed by atoms with Crippen molar-refractivity contribution >= 4 is 15.9 Å². The van der Waals surface area contributed by atoms with Gasteiger partial charge in [0.05, 0.1) is 24.8 Å². The molecule has 0 saturated heterocycles. The molecule has 1 saturated carbocycles. The molecule has 1 aromatic carbocycles. The molecule has 1 fully saturated rings. The van der Waals surface area contributed by atoms with E-state index >= 15 is 0 Å². The van der Waals surface area contributed by atoms with Gasteiger partial charge in [0.25, 0.3) is 0 Å². The third kappa shape index (κ3) is 3.90. The number of methoxy groups -OCH3 is 2. The molecule has 21 heavy (non-hydrogen) atoms. The first-order valence-electron chi connectivity index (χ1n) is 7.37. The van der Waals surface area contributed by atoms with Gasteiger partial charge < -0.3 is 19.9 Å². The molecule has 0 spiro atoms. The second-order valence-electron chi connectivity index (χ2n) is 5.49. The number of nitrogens with two attached hydrogens (primary N) is 1. The van der Waals surface area contributed by atoms with E-state index in [1.807, 2.05) is 19.1 Å². The Balaban J connectivity index is 2.03. The summed E-state index contributed by atoms with van der Waals surface area (Å²) in [4.78, 5) is 0. The molecule has 2 rings (SSSR count). The van der Waals surface area contributed by atoms with E-state index in [1.54, 1.807) is 14.2 Å². The quantitative estimate of drug-likeness (QED) is 0.808. The minimum absolute atomic E-state index is 0.0467. The zero-order valence-corrected chi connectivity index (χ0v) is 14.5. The predicted octanol–water partition coefficient (Wildman–Crippen LogP) is 3.67. The van der Waals surface area contributed by atoms with Crippen LogP contribution in [0.2, 0.25) is 0 Å². The van der Waals surface area contributed by atoms with Crippen molar-refractivity contribution in [3.63, 3.8) is 0 Å². The molecule has 0 heterocycles. The topological polar surface area (TPSA) is 53.7 Å². The highest BCUT2D eigenvalue weighted by Gasteiger charge is 2.31. The fraction of sp³-hybridized carbons (Fsp3) is 0.625. The van der Waals surface area contributed by atoms with Gasteiger partial charge in [-0.3, -0.25) is 0 Å². The summed E-state index contributed by atoms with van der Waals surface area (Å²) < 4.78 is 17.3. The van der Waals surface area contributed by atoms with Gasteiger partial charge in [0.2, 0.25) is 0 Å². The zero-order valence-electron chi connectivity index (χ0n) is 12.9. The molecule has 1 atom stereocenters. The molecule has 0 aromatic heterocycles. The normalized spacial score (nSPS) is 22.5. The van der Waals surface area contributed by atoms with Crippen molar-refractivity contribution in [3.8, 4) is 11.5 Å². The summed E-state index contributed by atoms with van der Waals surface area (Å²) >= 11 is 3.47. The van der Waals surface area contributed by atoms with E-state index in [1.165, 1.54) is 0 Å². The van der Waals surface area contributed by atoms with Crippen LogP contribution in [-0.2, 0) is 4.74 Å². The Morgan fingerprint density at radius 1 is 1.24 bits per heavy atom. The molecule has 1 aliphatic rings. The van der Waals surface area contributed by atoms with Crippen LogP contribution in [0.1, 0.15) is 37.8 Å². The van der Waals surface area contributed by atoms with Crippen molar-refractivity contribution in [2.45, 2.75) is 38.3 Å². The lowest BCUT2D eigenvalue weighted by Gasteiger charge is -2.36. The first kappa shape index (κ1) is 16.6. The van der Waals surface area contributed by atoms with E-state index in [9.17, 15) is 0 Å². The molecule has 0 amide bonds. The third-order valence-corrected chi connectivity index (χ3v) is 4.71. The summed E-state index contributed by atoms with van der Waals surface area (Å²) in [5.41, 5.74) is 7.38. The molecular weight excluding hydrogens is 334 g/mol. The highest BCUT2D eigenvalue weighted by molar-refractivity contribution is 9.10. The number of halogens is 1. The van der Waals surface area contributed by atoms with Crippen LogP contribution in [0.4, 0.5) is 0 Å². The Bertz CT molecular complexity index is 475. The SMILES string of the molecule is CCOC1CC(CC(N)c2cc(OC)c(Br)cc2OC)C1. The lowest BCUT2D eigenvalue weighted by Crippen LogP contribution is -2.33. The Morgan fingerprint density at radius 2 is 1.90 bits per heavy atom. The Morgan fingerprint density at radius 3 is 2.48 bits per heavy atom. The number of benzene rings is 1. The first-order valence-corrected chi connectivity index (χ1v) is 8.16. The summed E-state index contributed by atoms with van der Waals surface area (Å²) in [6.07, 6.45) is 3.59. The lowest BCUT2D eigenvalue weighted by molar-refractivity contribution is -0.0282. The van der Waals surface area contributed by atoms with Crippen LogP contribution in [0.3, 0.4) is 0 Å². The molecule has 5 heteroatoms. The molecule has 0 bridgehead atoms. The van der Waals surface area contributed by atoms with Gasteiger partial charge in [-0.15, -0.1) is 0 Å². The van der Waals surface area contributed by atoms with Gasteiger partial charge in [-0.1, -0.05) is 0 Å². The van der Waals surface area contributed by atoms with Gasteiger partial charge in [-0.2, -0.15) is 0 Å². The van der Waals surface area contributed by atoms with Gasteiger partial charge in [0, 0.05) is 18.2 Å². The number of rotatable bonds is 7. The maximum Gasteiger partial charge on any atom is 0.133 e. The molecule has 1 aliphatic carbocycles. The molecule has 118 valence electrons. The Labute approximate surface area is 135 Å².